The van der Waals surface area contributed by atoms with Crippen molar-refractivity contribution in [2.24, 2.45) is 0 Å². The molecule has 0 saturated carbocycles. The first kappa shape index (κ1) is 13.5. The Balaban J connectivity index is 1.69. The van der Waals surface area contributed by atoms with Crippen LogP contribution in [0.2, 0.25) is 0 Å². The highest BCUT2D eigenvalue weighted by atomic mass is 32.2. The van der Waals surface area contributed by atoms with Crippen molar-refractivity contribution in [3.63, 3.8) is 0 Å². The van der Waals surface area contributed by atoms with Crippen LogP contribution in [0.25, 0.3) is 11.3 Å². The van der Waals surface area contributed by atoms with Crippen molar-refractivity contribution in [1.82, 2.24) is 15.5 Å². The molecule has 20 heavy (non-hydrogen) atoms. The lowest BCUT2D eigenvalue weighted by Gasteiger charge is -2.21. The zero-order chi connectivity index (χ0) is 13.8. The summed E-state index contributed by atoms with van der Waals surface area (Å²) < 4.78 is 12.9. The molecular formula is C15H16FN3S. The summed E-state index contributed by atoms with van der Waals surface area (Å²) in [4.78, 5) is 0. The Morgan fingerprint density at radius 3 is 2.40 bits per heavy atom. The quantitative estimate of drug-likeness (QED) is 0.942. The number of benzene rings is 1. The van der Waals surface area contributed by atoms with Crippen molar-refractivity contribution in [3.05, 3.63) is 42.2 Å². The zero-order valence-electron chi connectivity index (χ0n) is 11.1. The summed E-state index contributed by atoms with van der Waals surface area (Å²) in [6, 6.07) is 10.3. The molecule has 1 aliphatic heterocycles. The van der Waals surface area contributed by atoms with E-state index in [1.807, 2.05) is 12.1 Å². The van der Waals surface area contributed by atoms with Crippen molar-refractivity contribution in [3.8, 4) is 11.3 Å². The Hall–Kier alpha value is -1.46. The molecule has 0 spiro atoms. The monoisotopic (exact) mass is 289 g/mol. The van der Waals surface area contributed by atoms with Crippen molar-refractivity contribution in [2.45, 2.75) is 23.1 Å². The van der Waals surface area contributed by atoms with Crippen LogP contribution in [0.15, 0.2) is 41.4 Å². The Kier molecular flexibility index (Phi) is 4.28. The minimum Gasteiger partial charge on any atom is -0.317 e. The molecule has 0 bridgehead atoms. The normalized spacial score (nSPS) is 16.2. The van der Waals surface area contributed by atoms with Gasteiger partial charge in [0.25, 0.3) is 0 Å². The minimum absolute atomic E-state index is 0.236. The van der Waals surface area contributed by atoms with Crippen molar-refractivity contribution >= 4 is 11.8 Å². The van der Waals surface area contributed by atoms with Gasteiger partial charge in [0, 0.05) is 10.8 Å². The predicted octanol–water partition coefficient (Wildman–Crippen LogP) is 3.13. The standard InChI is InChI=1S/C15H16FN3S/c16-12-3-1-11(2-4-12)14-5-6-15(19-18-14)20-13-7-9-17-10-8-13/h1-6,13,17H,7-10H2. The molecule has 5 heteroatoms. The summed E-state index contributed by atoms with van der Waals surface area (Å²) in [5.74, 6) is -0.236. The summed E-state index contributed by atoms with van der Waals surface area (Å²) in [6.45, 7) is 2.16. The highest BCUT2D eigenvalue weighted by molar-refractivity contribution is 7.99. The molecular weight excluding hydrogens is 273 g/mol. The van der Waals surface area contributed by atoms with E-state index in [0.29, 0.717) is 5.25 Å². The maximum Gasteiger partial charge on any atom is 0.123 e. The number of nitrogens with one attached hydrogen (secondary N) is 1. The van der Waals surface area contributed by atoms with Gasteiger partial charge in [-0.2, -0.15) is 0 Å². The van der Waals surface area contributed by atoms with Gasteiger partial charge in [0.1, 0.15) is 10.8 Å². The molecule has 1 fully saturated rings. The van der Waals surface area contributed by atoms with Gasteiger partial charge < -0.3 is 5.32 Å². The van der Waals surface area contributed by atoms with E-state index in [2.05, 4.69) is 15.5 Å². The van der Waals surface area contributed by atoms with Gasteiger partial charge in [0.05, 0.1) is 5.69 Å². The fourth-order valence-electron chi connectivity index (χ4n) is 2.24. The van der Waals surface area contributed by atoms with Gasteiger partial charge in [-0.1, -0.05) is 0 Å². The largest absolute Gasteiger partial charge is 0.317 e. The third-order valence-corrected chi connectivity index (χ3v) is 4.62. The number of rotatable bonds is 3. The van der Waals surface area contributed by atoms with Crippen LogP contribution in [-0.2, 0) is 0 Å². The smallest absolute Gasteiger partial charge is 0.123 e. The van der Waals surface area contributed by atoms with E-state index in [-0.39, 0.29) is 5.82 Å². The molecule has 0 aliphatic carbocycles. The highest BCUT2D eigenvalue weighted by Gasteiger charge is 2.15. The first-order chi connectivity index (χ1) is 9.81. The first-order valence-corrected chi connectivity index (χ1v) is 7.66. The van der Waals surface area contributed by atoms with Gasteiger partial charge in [-0.15, -0.1) is 22.0 Å². The number of piperidine rings is 1. The molecule has 1 aromatic heterocycles. The lowest BCUT2D eigenvalue weighted by molar-refractivity contribution is 0.531. The Labute approximate surface area is 122 Å². The van der Waals surface area contributed by atoms with E-state index in [9.17, 15) is 4.39 Å². The van der Waals surface area contributed by atoms with E-state index in [1.54, 1.807) is 23.9 Å². The van der Waals surface area contributed by atoms with Crippen LogP contribution in [0.3, 0.4) is 0 Å². The molecule has 1 aliphatic rings. The highest BCUT2D eigenvalue weighted by Crippen LogP contribution is 2.27. The number of hydrogen-bond acceptors (Lipinski definition) is 4. The van der Waals surface area contributed by atoms with Crippen LogP contribution in [0, 0.1) is 5.82 Å². The van der Waals surface area contributed by atoms with Crippen molar-refractivity contribution < 1.29 is 4.39 Å². The average molecular weight is 289 g/mol. The van der Waals surface area contributed by atoms with E-state index >= 15 is 0 Å². The molecule has 3 nitrogen and oxygen atoms in total. The predicted molar refractivity (Wildman–Crippen MR) is 79.2 cm³/mol. The van der Waals surface area contributed by atoms with Gasteiger partial charge in [0.15, 0.2) is 0 Å². The molecule has 1 saturated heterocycles. The van der Waals surface area contributed by atoms with Crippen LogP contribution < -0.4 is 5.32 Å². The maximum absolute atomic E-state index is 12.9. The molecule has 0 amide bonds. The van der Waals surface area contributed by atoms with Crippen molar-refractivity contribution in [2.75, 3.05) is 13.1 Å². The number of aromatic nitrogens is 2. The second-order valence-corrected chi connectivity index (χ2v) is 6.15. The number of halogens is 1. The van der Waals surface area contributed by atoms with Gasteiger partial charge in [0.2, 0.25) is 0 Å². The zero-order valence-corrected chi connectivity index (χ0v) is 11.9. The van der Waals surface area contributed by atoms with E-state index in [4.69, 9.17) is 0 Å². The third kappa shape index (κ3) is 3.35. The van der Waals surface area contributed by atoms with Crippen LogP contribution in [0.5, 0.6) is 0 Å². The van der Waals surface area contributed by atoms with Gasteiger partial charge in [-0.25, -0.2) is 4.39 Å². The Morgan fingerprint density at radius 2 is 1.75 bits per heavy atom. The van der Waals surface area contributed by atoms with E-state index < -0.39 is 0 Å². The lowest BCUT2D eigenvalue weighted by atomic mass is 10.1. The van der Waals surface area contributed by atoms with Crippen molar-refractivity contribution in [1.29, 1.82) is 0 Å². The van der Waals surface area contributed by atoms with Crippen LogP contribution in [0.1, 0.15) is 12.8 Å². The molecule has 2 aromatic rings. The Morgan fingerprint density at radius 1 is 1.00 bits per heavy atom. The molecule has 3 rings (SSSR count). The maximum atomic E-state index is 12.9. The summed E-state index contributed by atoms with van der Waals surface area (Å²) in [6.07, 6.45) is 2.35. The van der Waals surface area contributed by atoms with Crippen LogP contribution >= 0.6 is 11.8 Å². The summed E-state index contributed by atoms with van der Waals surface area (Å²) in [5, 5.41) is 13.4. The fourth-order valence-corrected chi connectivity index (χ4v) is 3.29. The second kappa shape index (κ2) is 6.33. The Bertz CT molecular complexity index is 550. The molecule has 1 N–H and O–H groups in total. The first-order valence-electron chi connectivity index (χ1n) is 6.78. The minimum atomic E-state index is -0.236. The number of hydrogen-bond donors (Lipinski definition) is 1. The summed E-state index contributed by atoms with van der Waals surface area (Å²) >= 11 is 1.80. The molecule has 104 valence electrons. The molecule has 0 radical (unpaired) electrons. The van der Waals surface area contributed by atoms with Gasteiger partial charge >= 0.3 is 0 Å². The van der Waals surface area contributed by atoms with Gasteiger partial charge in [-0.3, -0.25) is 0 Å². The summed E-state index contributed by atoms with van der Waals surface area (Å²) in [7, 11) is 0. The molecule has 0 unspecified atom stereocenters. The van der Waals surface area contributed by atoms with Crippen LogP contribution in [0.4, 0.5) is 4.39 Å². The fraction of sp³-hybridized carbons (Fsp3) is 0.333. The molecule has 0 atom stereocenters. The van der Waals surface area contributed by atoms with Gasteiger partial charge in [-0.05, 0) is 62.3 Å². The SMILES string of the molecule is Fc1ccc(-c2ccc(SC3CCNCC3)nn2)cc1. The third-order valence-electron chi connectivity index (χ3n) is 3.35. The topological polar surface area (TPSA) is 37.8 Å². The summed E-state index contributed by atoms with van der Waals surface area (Å²) in [5.41, 5.74) is 1.66. The average Bonchev–Trinajstić information content (AvgIpc) is 2.50. The van der Waals surface area contributed by atoms with E-state index in [1.165, 1.54) is 25.0 Å². The lowest BCUT2D eigenvalue weighted by Crippen LogP contribution is -2.29. The second-order valence-electron chi connectivity index (χ2n) is 4.83. The number of thioether (sulfide) groups is 1. The molecule has 2 heterocycles. The number of nitrogens with zero attached hydrogens (tertiary/aromatic N) is 2. The van der Waals surface area contributed by atoms with E-state index in [0.717, 1.165) is 29.4 Å². The van der Waals surface area contributed by atoms with Crippen LogP contribution in [-0.4, -0.2) is 28.5 Å². The molecule has 1 aromatic carbocycles.